The molecular weight excluding hydrogens is 307 g/mol. The van der Waals surface area contributed by atoms with E-state index in [0.717, 1.165) is 6.07 Å². The average molecular weight is 312 g/mol. The predicted molar refractivity (Wildman–Crippen MR) is 56.2 cm³/mol. The van der Waals surface area contributed by atoms with Crippen molar-refractivity contribution in [2.75, 3.05) is 5.33 Å². The number of rotatable bonds is 3. The van der Waals surface area contributed by atoms with Crippen molar-refractivity contribution in [3.05, 3.63) is 39.4 Å². The zero-order valence-electron chi connectivity index (χ0n) is 8.12. The number of nitro groups is 1. The van der Waals surface area contributed by atoms with Crippen molar-refractivity contribution in [2.45, 2.75) is 6.18 Å². The topological polar surface area (TPSA) is 60.2 Å². The van der Waals surface area contributed by atoms with Crippen molar-refractivity contribution in [3.8, 4) is 0 Å². The highest BCUT2D eigenvalue weighted by molar-refractivity contribution is 9.09. The molecule has 0 saturated carbocycles. The smallest absolute Gasteiger partial charge is 0.293 e. The van der Waals surface area contributed by atoms with Crippen LogP contribution in [-0.2, 0) is 6.18 Å². The minimum absolute atomic E-state index is 0.151. The van der Waals surface area contributed by atoms with Crippen LogP contribution in [0, 0.1) is 10.1 Å². The maximum absolute atomic E-state index is 12.5. The van der Waals surface area contributed by atoms with Gasteiger partial charge in [0.15, 0.2) is 5.78 Å². The van der Waals surface area contributed by atoms with Gasteiger partial charge in [-0.2, -0.15) is 13.2 Å². The van der Waals surface area contributed by atoms with Gasteiger partial charge in [0.1, 0.15) is 5.56 Å². The summed E-state index contributed by atoms with van der Waals surface area (Å²) in [5.74, 6) is -0.578. The van der Waals surface area contributed by atoms with Gasteiger partial charge < -0.3 is 0 Å². The molecule has 1 aromatic carbocycles. The molecular formula is C9H5BrF3NO3. The second kappa shape index (κ2) is 4.82. The predicted octanol–water partition coefficient (Wildman–Crippen LogP) is 3.19. The first-order valence-corrected chi connectivity index (χ1v) is 5.34. The van der Waals surface area contributed by atoms with E-state index in [1.807, 2.05) is 0 Å². The van der Waals surface area contributed by atoms with Gasteiger partial charge in [0, 0.05) is 11.6 Å². The molecule has 1 rings (SSSR count). The summed E-state index contributed by atoms with van der Waals surface area (Å²) in [5.41, 5.74) is -2.71. The van der Waals surface area contributed by atoms with Gasteiger partial charge in [-0.05, 0) is 12.1 Å². The summed E-state index contributed by atoms with van der Waals surface area (Å²) in [6.45, 7) is 0. The number of carbonyl (C=O) groups excluding carboxylic acids is 1. The largest absolute Gasteiger partial charge is 0.423 e. The van der Waals surface area contributed by atoms with Gasteiger partial charge in [-0.15, -0.1) is 0 Å². The Morgan fingerprint density at radius 3 is 2.41 bits per heavy atom. The summed E-state index contributed by atoms with van der Waals surface area (Å²) in [6, 6.07) is 2.16. The van der Waals surface area contributed by atoms with Crippen LogP contribution in [0.5, 0.6) is 0 Å². The standard InChI is InChI=1S/C9H5BrF3NO3/c10-4-8(15)5-1-2-7(14(16)17)6(3-5)9(11,12)13/h1-3H,4H2. The molecule has 0 spiro atoms. The molecule has 92 valence electrons. The van der Waals surface area contributed by atoms with E-state index in [1.54, 1.807) is 0 Å². The van der Waals surface area contributed by atoms with Crippen LogP contribution in [0.25, 0.3) is 0 Å². The second-order valence-electron chi connectivity index (χ2n) is 3.04. The van der Waals surface area contributed by atoms with Gasteiger partial charge in [0.05, 0.1) is 10.3 Å². The van der Waals surface area contributed by atoms with Gasteiger partial charge in [-0.1, -0.05) is 15.9 Å². The van der Waals surface area contributed by atoms with Gasteiger partial charge >= 0.3 is 6.18 Å². The number of benzene rings is 1. The van der Waals surface area contributed by atoms with Gasteiger partial charge in [0.25, 0.3) is 5.69 Å². The van der Waals surface area contributed by atoms with E-state index < -0.39 is 28.1 Å². The number of carbonyl (C=O) groups is 1. The quantitative estimate of drug-likeness (QED) is 0.373. The lowest BCUT2D eigenvalue weighted by molar-refractivity contribution is -0.388. The Hall–Kier alpha value is -1.44. The van der Waals surface area contributed by atoms with Crippen LogP contribution in [0.4, 0.5) is 18.9 Å². The monoisotopic (exact) mass is 311 g/mol. The number of nitro benzene ring substituents is 1. The third kappa shape index (κ3) is 3.02. The molecule has 4 nitrogen and oxygen atoms in total. The Kier molecular flexibility index (Phi) is 3.87. The van der Waals surface area contributed by atoms with E-state index in [2.05, 4.69) is 15.9 Å². The number of nitrogens with zero attached hydrogens (tertiary/aromatic N) is 1. The number of alkyl halides is 4. The molecule has 0 N–H and O–H groups in total. The van der Waals surface area contributed by atoms with Crippen LogP contribution in [0.3, 0.4) is 0 Å². The average Bonchev–Trinajstić information content (AvgIpc) is 2.25. The minimum atomic E-state index is -4.87. The second-order valence-corrected chi connectivity index (χ2v) is 3.60. The fourth-order valence-corrected chi connectivity index (χ4v) is 1.50. The Labute approximate surface area is 102 Å². The van der Waals surface area contributed by atoms with Crippen molar-refractivity contribution in [3.63, 3.8) is 0 Å². The van der Waals surface area contributed by atoms with Crippen LogP contribution in [-0.4, -0.2) is 16.0 Å². The lowest BCUT2D eigenvalue weighted by Gasteiger charge is -2.08. The van der Waals surface area contributed by atoms with Gasteiger partial charge in [-0.3, -0.25) is 14.9 Å². The zero-order chi connectivity index (χ0) is 13.2. The molecule has 0 aromatic heterocycles. The molecule has 0 saturated heterocycles. The van der Waals surface area contributed by atoms with Gasteiger partial charge in [-0.25, -0.2) is 0 Å². The molecule has 1 aromatic rings. The van der Waals surface area contributed by atoms with E-state index in [-0.39, 0.29) is 10.9 Å². The van der Waals surface area contributed by atoms with E-state index in [1.165, 1.54) is 0 Å². The number of ketones is 1. The highest BCUT2D eigenvalue weighted by Crippen LogP contribution is 2.36. The van der Waals surface area contributed by atoms with Crippen LogP contribution >= 0.6 is 15.9 Å². The van der Waals surface area contributed by atoms with E-state index in [9.17, 15) is 28.1 Å². The fraction of sp³-hybridized carbons (Fsp3) is 0.222. The summed E-state index contributed by atoms with van der Waals surface area (Å²) in [6.07, 6.45) is -4.87. The molecule has 0 fully saturated rings. The molecule has 0 aliphatic carbocycles. The van der Waals surface area contributed by atoms with Crippen LogP contribution in [0.2, 0.25) is 0 Å². The minimum Gasteiger partial charge on any atom is -0.293 e. The maximum atomic E-state index is 12.5. The first-order valence-electron chi connectivity index (χ1n) is 4.22. The Morgan fingerprint density at radius 2 is 2.00 bits per heavy atom. The molecule has 0 heterocycles. The van der Waals surface area contributed by atoms with Crippen molar-refractivity contribution in [2.24, 2.45) is 0 Å². The Morgan fingerprint density at radius 1 is 1.41 bits per heavy atom. The third-order valence-corrected chi connectivity index (χ3v) is 2.45. The highest BCUT2D eigenvalue weighted by Gasteiger charge is 2.38. The molecule has 0 unspecified atom stereocenters. The van der Waals surface area contributed by atoms with Crippen LogP contribution in [0.1, 0.15) is 15.9 Å². The van der Waals surface area contributed by atoms with Crippen molar-refractivity contribution < 1.29 is 22.9 Å². The molecule has 0 atom stereocenters. The summed E-state index contributed by atoms with van der Waals surface area (Å²) in [7, 11) is 0. The van der Waals surface area contributed by atoms with Crippen molar-refractivity contribution >= 4 is 27.4 Å². The Balaban J connectivity index is 3.40. The van der Waals surface area contributed by atoms with E-state index >= 15 is 0 Å². The third-order valence-electron chi connectivity index (χ3n) is 1.94. The lowest BCUT2D eigenvalue weighted by Crippen LogP contribution is -2.11. The van der Waals surface area contributed by atoms with Crippen molar-refractivity contribution in [1.29, 1.82) is 0 Å². The first kappa shape index (κ1) is 13.6. The summed E-state index contributed by atoms with van der Waals surface area (Å²) in [4.78, 5) is 20.5. The lowest BCUT2D eigenvalue weighted by atomic mass is 10.1. The maximum Gasteiger partial charge on any atom is 0.423 e. The zero-order valence-corrected chi connectivity index (χ0v) is 9.71. The first-order chi connectivity index (χ1) is 7.77. The SMILES string of the molecule is O=C(CBr)c1ccc([N+](=O)[O-])c(C(F)(F)F)c1. The molecule has 0 aliphatic rings. The van der Waals surface area contributed by atoms with Crippen molar-refractivity contribution in [1.82, 2.24) is 0 Å². The molecule has 0 aliphatic heterocycles. The number of Topliss-reactive ketones (excluding diaryl/α,β-unsaturated/α-hetero) is 1. The molecule has 0 amide bonds. The van der Waals surface area contributed by atoms with Crippen LogP contribution < -0.4 is 0 Å². The molecule has 17 heavy (non-hydrogen) atoms. The fourth-order valence-electron chi connectivity index (χ4n) is 1.17. The van der Waals surface area contributed by atoms with Crippen LogP contribution in [0.15, 0.2) is 18.2 Å². The molecule has 0 radical (unpaired) electrons. The number of hydrogen-bond acceptors (Lipinski definition) is 3. The summed E-state index contributed by atoms with van der Waals surface area (Å²) >= 11 is 2.81. The van der Waals surface area contributed by atoms with E-state index in [0.29, 0.717) is 12.1 Å². The normalized spacial score (nSPS) is 11.3. The summed E-state index contributed by atoms with van der Waals surface area (Å²) < 4.78 is 37.6. The number of halogens is 4. The van der Waals surface area contributed by atoms with E-state index in [4.69, 9.17) is 0 Å². The molecule has 8 heteroatoms. The Bertz CT molecular complexity index is 473. The summed E-state index contributed by atoms with van der Waals surface area (Å²) in [5, 5.41) is 10.3. The molecule has 0 bridgehead atoms. The van der Waals surface area contributed by atoms with Gasteiger partial charge in [0.2, 0.25) is 0 Å². The highest BCUT2D eigenvalue weighted by atomic mass is 79.9. The number of hydrogen-bond donors (Lipinski definition) is 0.